The van der Waals surface area contributed by atoms with Crippen molar-refractivity contribution in [2.24, 2.45) is 0 Å². The molecule has 1 aromatic rings. The van der Waals surface area contributed by atoms with Gasteiger partial charge in [-0.2, -0.15) is 0 Å². The van der Waals surface area contributed by atoms with Crippen LogP contribution in [0.4, 0.5) is 5.69 Å². The first-order chi connectivity index (χ1) is 9.95. The number of benzene rings is 1. The van der Waals surface area contributed by atoms with Crippen molar-refractivity contribution in [2.75, 3.05) is 20.3 Å². The lowest BCUT2D eigenvalue weighted by molar-refractivity contribution is -0.385. The van der Waals surface area contributed by atoms with E-state index in [1.54, 1.807) is 26.2 Å². The maximum Gasteiger partial charge on any atom is 0.273 e. The van der Waals surface area contributed by atoms with Gasteiger partial charge in [-0.15, -0.1) is 0 Å². The second kappa shape index (κ2) is 8.71. The van der Waals surface area contributed by atoms with E-state index in [1.807, 2.05) is 0 Å². The van der Waals surface area contributed by atoms with Crippen LogP contribution in [0.2, 0.25) is 0 Å². The number of ether oxygens (including phenoxy) is 1. The largest absolute Gasteiger partial charge is 0.383 e. The van der Waals surface area contributed by atoms with Gasteiger partial charge in [-0.1, -0.05) is 15.9 Å². The fourth-order valence-electron chi connectivity index (χ4n) is 1.66. The predicted molar refractivity (Wildman–Crippen MR) is 82.0 cm³/mol. The lowest BCUT2D eigenvalue weighted by Gasteiger charge is -2.14. The van der Waals surface area contributed by atoms with Crippen molar-refractivity contribution >= 4 is 27.5 Å². The summed E-state index contributed by atoms with van der Waals surface area (Å²) in [4.78, 5) is 22.3. The van der Waals surface area contributed by atoms with Crippen LogP contribution in [0.3, 0.4) is 0 Å². The van der Waals surface area contributed by atoms with Gasteiger partial charge in [0.25, 0.3) is 5.69 Å². The molecule has 2 N–H and O–H groups in total. The third-order valence-electron chi connectivity index (χ3n) is 2.84. The molecule has 21 heavy (non-hydrogen) atoms. The number of carbonyl (C=O) groups is 1. The maximum absolute atomic E-state index is 11.8. The second-order valence-corrected chi connectivity index (χ2v) is 5.33. The third kappa shape index (κ3) is 5.78. The van der Waals surface area contributed by atoms with Gasteiger partial charge in [-0.25, -0.2) is 0 Å². The molecule has 116 valence electrons. The minimum Gasteiger partial charge on any atom is -0.383 e. The number of nitro benzene ring substituents is 1. The van der Waals surface area contributed by atoms with E-state index in [0.29, 0.717) is 18.7 Å². The van der Waals surface area contributed by atoms with E-state index in [4.69, 9.17) is 4.74 Å². The Morgan fingerprint density at radius 2 is 2.24 bits per heavy atom. The zero-order valence-corrected chi connectivity index (χ0v) is 13.5. The van der Waals surface area contributed by atoms with Gasteiger partial charge in [0, 0.05) is 36.3 Å². The Hall–Kier alpha value is -1.51. The van der Waals surface area contributed by atoms with Gasteiger partial charge in [0.1, 0.15) is 0 Å². The predicted octanol–water partition coefficient (Wildman–Crippen LogP) is 1.60. The highest BCUT2D eigenvalue weighted by Gasteiger charge is 2.16. The average Bonchev–Trinajstić information content (AvgIpc) is 2.44. The van der Waals surface area contributed by atoms with Crippen molar-refractivity contribution in [1.82, 2.24) is 10.6 Å². The van der Waals surface area contributed by atoms with Crippen LogP contribution in [0.15, 0.2) is 22.7 Å². The van der Waals surface area contributed by atoms with Gasteiger partial charge in [0.15, 0.2) is 0 Å². The molecule has 0 saturated carbocycles. The molecule has 0 radical (unpaired) electrons. The van der Waals surface area contributed by atoms with Gasteiger partial charge in [0.05, 0.1) is 17.6 Å². The molecule has 0 aromatic heterocycles. The molecular weight excluding hydrogens is 342 g/mol. The van der Waals surface area contributed by atoms with Crippen molar-refractivity contribution in [2.45, 2.75) is 19.5 Å². The highest BCUT2D eigenvalue weighted by molar-refractivity contribution is 9.10. The quantitative estimate of drug-likeness (QED) is 0.417. The first kappa shape index (κ1) is 17.5. The van der Waals surface area contributed by atoms with Crippen LogP contribution in [0, 0.1) is 10.1 Å². The maximum atomic E-state index is 11.8. The standard InChI is InChI=1S/C13H18BrN3O4/c1-9(13(18)15-5-6-21-2)16-8-10-7-11(14)3-4-12(10)17(19)20/h3-4,7,9,16H,5-6,8H2,1-2H3,(H,15,18). The van der Waals surface area contributed by atoms with Crippen molar-refractivity contribution in [3.8, 4) is 0 Å². The van der Waals surface area contributed by atoms with Crippen molar-refractivity contribution in [3.05, 3.63) is 38.3 Å². The lowest BCUT2D eigenvalue weighted by Crippen LogP contribution is -2.42. The molecule has 8 heteroatoms. The van der Waals surface area contributed by atoms with E-state index in [0.717, 1.165) is 4.47 Å². The van der Waals surface area contributed by atoms with E-state index >= 15 is 0 Å². The molecule has 1 atom stereocenters. The zero-order chi connectivity index (χ0) is 15.8. The Morgan fingerprint density at radius 1 is 1.52 bits per heavy atom. The lowest BCUT2D eigenvalue weighted by atomic mass is 10.1. The molecule has 1 amide bonds. The number of nitro groups is 1. The van der Waals surface area contributed by atoms with Crippen LogP contribution >= 0.6 is 15.9 Å². The van der Waals surface area contributed by atoms with Gasteiger partial charge in [0.2, 0.25) is 5.91 Å². The Labute approximate surface area is 131 Å². The molecule has 1 rings (SSSR count). The first-order valence-corrected chi connectivity index (χ1v) is 7.18. The topological polar surface area (TPSA) is 93.5 Å². The Morgan fingerprint density at radius 3 is 2.86 bits per heavy atom. The number of hydrogen-bond acceptors (Lipinski definition) is 5. The van der Waals surface area contributed by atoms with E-state index in [1.165, 1.54) is 6.07 Å². The van der Waals surface area contributed by atoms with Crippen molar-refractivity contribution in [3.63, 3.8) is 0 Å². The number of methoxy groups -OCH3 is 1. The number of carbonyl (C=O) groups excluding carboxylic acids is 1. The summed E-state index contributed by atoms with van der Waals surface area (Å²) in [6.07, 6.45) is 0. The Balaban J connectivity index is 2.60. The molecule has 0 spiro atoms. The summed E-state index contributed by atoms with van der Waals surface area (Å²) in [5.41, 5.74) is 0.545. The first-order valence-electron chi connectivity index (χ1n) is 6.38. The molecule has 7 nitrogen and oxygen atoms in total. The van der Waals surface area contributed by atoms with Crippen LogP contribution in [-0.2, 0) is 16.1 Å². The van der Waals surface area contributed by atoms with E-state index in [9.17, 15) is 14.9 Å². The molecule has 0 saturated heterocycles. The van der Waals surface area contributed by atoms with E-state index in [2.05, 4.69) is 26.6 Å². The molecule has 0 aliphatic carbocycles. The number of amides is 1. The third-order valence-corrected chi connectivity index (χ3v) is 3.33. The minimum atomic E-state index is -0.458. The summed E-state index contributed by atoms with van der Waals surface area (Å²) < 4.78 is 5.59. The number of hydrogen-bond donors (Lipinski definition) is 2. The number of halogens is 1. The Kier molecular flexibility index (Phi) is 7.27. The van der Waals surface area contributed by atoms with Crippen molar-refractivity contribution < 1.29 is 14.5 Å². The molecular formula is C13H18BrN3O4. The van der Waals surface area contributed by atoms with Gasteiger partial charge < -0.3 is 15.4 Å². The molecule has 0 aliphatic rings. The second-order valence-electron chi connectivity index (χ2n) is 4.42. The average molecular weight is 360 g/mol. The molecule has 0 aliphatic heterocycles. The molecule has 1 aromatic carbocycles. The zero-order valence-electron chi connectivity index (χ0n) is 11.9. The highest BCUT2D eigenvalue weighted by Crippen LogP contribution is 2.22. The minimum absolute atomic E-state index is 0.0256. The smallest absolute Gasteiger partial charge is 0.273 e. The van der Waals surface area contributed by atoms with E-state index < -0.39 is 11.0 Å². The van der Waals surface area contributed by atoms with Crippen LogP contribution in [0.25, 0.3) is 0 Å². The molecule has 0 fully saturated rings. The molecule has 0 heterocycles. The SMILES string of the molecule is COCCNC(=O)C(C)NCc1cc(Br)ccc1[N+](=O)[O-]. The molecule has 0 bridgehead atoms. The van der Waals surface area contributed by atoms with Crippen LogP contribution in [-0.4, -0.2) is 37.1 Å². The fourth-order valence-corrected chi connectivity index (χ4v) is 2.07. The normalized spacial score (nSPS) is 12.0. The van der Waals surface area contributed by atoms with Gasteiger partial charge in [-0.05, 0) is 19.1 Å². The summed E-state index contributed by atoms with van der Waals surface area (Å²) in [5.74, 6) is -0.176. The van der Waals surface area contributed by atoms with Crippen LogP contribution in [0.5, 0.6) is 0 Å². The monoisotopic (exact) mass is 359 g/mol. The summed E-state index contributed by atoms with van der Waals surface area (Å²) in [7, 11) is 1.56. The van der Waals surface area contributed by atoms with E-state index in [-0.39, 0.29) is 18.1 Å². The van der Waals surface area contributed by atoms with Gasteiger partial charge >= 0.3 is 0 Å². The van der Waals surface area contributed by atoms with Crippen LogP contribution < -0.4 is 10.6 Å². The summed E-state index contributed by atoms with van der Waals surface area (Å²) in [5, 5.41) is 16.6. The van der Waals surface area contributed by atoms with Gasteiger partial charge in [-0.3, -0.25) is 14.9 Å². The molecule has 1 unspecified atom stereocenters. The number of nitrogens with one attached hydrogen (secondary N) is 2. The highest BCUT2D eigenvalue weighted by atomic mass is 79.9. The fraction of sp³-hybridized carbons (Fsp3) is 0.462. The summed E-state index contributed by atoms with van der Waals surface area (Å²) in [6.45, 7) is 2.80. The number of nitrogens with zero attached hydrogens (tertiary/aromatic N) is 1. The summed E-state index contributed by atoms with van der Waals surface area (Å²) >= 11 is 3.28. The summed E-state index contributed by atoms with van der Waals surface area (Å²) in [6, 6.07) is 4.26. The number of rotatable bonds is 8. The Bertz CT molecular complexity index is 510. The van der Waals surface area contributed by atoms with Crippen LogP contribution in [0.1, 0.15) is 12.5 Å². The van der Waals surface area contributed by atoms with Crippen molar-refractivity contribution in [1.29, 1.82) is 0 Å².